The Labute approximate surface area is 169 Å². The maximum Gasteiger partial charge on any atom is 0.251 e. The maximum absolute atomic E-state index is 12.7. The van der Waals surface area contributed by atoms with Crippen LogP contribution in [0.25, 0.3) is 10.9 Å². The van der Waals surface area contributed by atoms with Gasteiger partial charge in [0, 0.05) is 62.5 Å². The summed E-state index contributed by atoms with van der Waals surface area (Å²) in [6, 6.07) is 14.3. The quantitative estimate of drug-likeness (QED) is 0.720. The molecule has 2 aromatic heterocycles. The molecule has 0 radical (unpaired) electrons. The van der Waals surface area contributed by atoms with E-state index in [1.807, 2.05) is 16.8 Å². The van der Waals surface area contributed by atoms with Crippen LogP contribution in [0.2, 0.25) is 0 Å². The van der Waals surface area contributed by atoms with Crippen LogP contribution >= 0.6 is 0 Å². The lowest BCUT2D eigenvalue weighted by Crippen LogP contribution is -2.51. The van der Waals surface area contributed by atoms with E-state index in [1.165, 1.54) is 23.4 Å². The summed E-state index contributed by atoms with van der Waals surface area (Å²) in [5.74, 6) is 0.650. The number of rotatable bonds is 4. The Morgan fingerprint density at radius 2 is 2.10 bits per heavy atom. The Kier molecular flexibility index (Phi) is 4.51. The van der Waals surface area contributed by atoms with Crippen LogP contribution in [0.1, 0.15) is 36.6 Å². The van der Waals surface area contributed by atoms with Gasteiger partial charge in [-0.15, -0.1) is 0 Å². The number of nitrogens with one attached hydrogen (secondary N) is 2. The second-order valence-corrected chi connectivity index (χ2v) is 8.45. The number of carbonyl (C=O) groups is 1. The topological polar surface area (TPSA) is 70.1 Å². The zero-order valence-corrected chi connectivity index (χ0v) is 16.6. The van der Waals surface area contributed by atoms with Crippen molar-refractivity contribution in [2.45, 2.75) is 31.8 Å². The Balaban J connectivity index is 1.43. The number of benzene rings is 1. The number of carbonyl (C=O) groups excluding carboxylic acids is 1. The average molecular weight is 390 g/mol. The fourth-order valence-corrected chi connectivity index (χ4v) is 5.23. The number of H-pyrrole nitrogens is 1. The largest absolute Gasteiger partial charge is 0.361 e. The highest BCUT2D eigenvalue weighted by molar-refractivity contribution is 5.79. The van der Waals surface area contributed by atoms with Crippen molar-refractivity contribution in [1.29, 1.82) is 0 Å². The lowest BCUT2D eigenvalue weighted by molar-refractivity contribution is -0.119. The first-order valence-electron chi connectivity index (χ1n) is 10.3. The van der Waals surface area contributed by atoms with Crippen molar-refractivity contribution in [3.63, 3.8) is 0 Å². The van der Waals surface area contributed by atoms with Crippen molar-refractivity contribution in [2.24, 2.45) is 5.92 Å². The van der Waals surface area contributed by atoms with Gasteiger partial charge >= 0.3 is 0 Å². The first-order valence-corrected chi connectivity index (χ1v) is 10.3. The maximum atomic E-state index is 12.7. The first kappa shape index (κ1) is 18.2. The van der Waals surface area contributed by atoms with E-state index in [2.05, 4.69) is 45.5 Å². The molecular formula is C23H26N4O2. The fourth-order valence-electron chi connectivity index (χ4n) is 5.23. The zero-order chi connectivity index (χ0) is 20.0. The van der Waals surface area contributed by atoms with Crippen LogP contribution in [0.15, 0.2) is 53.5 Å². The minimum Gasteiger partial charge on any atom is -0.361 e. The van der Waals surface area contributed by atoms with Gasteiger partial charge in [0.1, 0.15) is 0 Å². The highest BCUT2D eigenvalue weighted by Gasteiger charge is 2.40. The van der Waals surface area contributed by atoms with E-state index >= 15 is 0 Å². The minimum absolute atomic E-state index is 0.00698. The van der Waals surface area contributed by atoms with Gasteiger partial charge in [0.15, 0.2) is 0 Å². The van der Waals surface area contributed by atoms with E-state index in [9.17, 15) is 9.59 Å². The Morgan fingerprint density at radius 3 is 2.97 bits per heavy atom. The predicted octanol–water partition coefficient (Wildman–Crippen LogP) is 2.63. The summed E-state index contributed by atoms with van der Waals surface area (Å²) in [5.41, 5.74) is 3.61. The van der Waals surface area contributed by atoms with E-state index in [0.29, 0.717) is 18.4 Å². The lowest BCUT2D eigenvalue weighted by atomic mass is 9.78. The molecule has 2 N–H and O–H groups in total. The number of pyridine rings is 1. The van der Waals surface area contributed by atoms with E-state index in [-0.39, 0.29) is 17.5 Å². The number of nitrogens with zero attached hydrogens (tertiary/aromatic N) is 2. The molecule has 1 amide bonds. The molecule has 0 saturated carbocycles. The summed E-state index contributed by atoms with van der Waals surface area (Å²) in [6.07, 6.45) is 3.04. The van der Waals surface area contributed by atoms with Gasteiger partial charge in [-0.25, -0.2) is 0 Å². The summed E-state index contributed by atoms with van der Waals surface area (Å²) >= 11 is 0. The number of likely N-dealkylation sites (tertiary alicyclic amines) is 1. The van der Waals surface area contributed by atoms with Crippen LogP contribution in [-0.4, -0.2) is 40.0 Å². The monoisotopic (exact) mass is 390 g/mol. The molecule has 3 atom stereocenters. The molecule has 5 rings (SSSR count). The van der Waals surface area contributed by atoms with Crippen molar-refractivity contribution < 1.29 is 4.79 Å². The smallest absolute Gasteiger partial charge is 0.251 e. The van der Waals surface area contributed by atoms with Gasteiger partial charge in [0.2, 0.25) is 5.91 Å². The highest BCUT2D eigenvalue weighted by atomic mass is 16.1. The summed E-state index contributed by atoms with van der Waals surface area (Å²) < 4.78 is 1.94. The Hall–Kier alpha value is -2.86. The van der Waals surface area contributed by atoms with E-state index in [4.69, 9.17) is 0 Å². The van der Waals surface area contributed by atoms with Crippen LogP contribution in [0.3, 0.4) is 0 Å². The van der Waals surface area contributed by atoms with Crippen LogP contribution < -0.4 is 10.9 Å². The number of amides is 1. The normalized spacial score (nSPS) is 23.7. The fraction of sp³-hybridized carbons (Fsp3) is 0.391. The Bertz CT molecular complexity index is 1120. The molecule has 150 valence electrons. The number of hydrogen-bond acceptors (Lipinski definition) is 3. The average Bonchev–Trinajstić information content (AvgIpc) is 3.16. The molecule has 2 bridgehead atoms. The minimum atomic E-state index is -0.0513. The second kappa shape index (κ2) is 7.19. The highest BCUT2D eigenvalue weighted by Crippen LogP contribution is 2.41. The zero-order valence-electron chi connectivity index (χ0n) is 16.6. The number of piperidine rings is 1. The molecule has 1 fully saturated rings. The summed E-state index contributed by atoms with van der Waals surface area (Å²) in [5, 5.41) is 4.18. The molecule has 1 saturated heterocycles. The molecular weight excluding hydrogens is 364 g/mol. The first-order chi connectivity index (χ1) is 14.1. The van der Waals surface area contributed by atoms with Gasteiger partial charge in [0.25, 0.3) is 5.56 Å². The third kappa shape index (κ3) is 3.38. The number of hydrogen-bond donors (Lipinski definition) is 2. The van der Waals surface area contributed by atoms with Crippen LogP contribution in [-0.2, 0) is 11.3 Å². The Morgan fingerprint density at radius 1 is 1.21 bits per heavy atom. The lowest BCUT2D eigenvalue weighted by Gasteiger charge is -2.47. The number of fused-ring (bicyclic) bond motifs is 5. The van der Waals surface area contributed by atoms with Gasteiger partial charge in [0.05, 0.1) is 6.04 Å². The second-order valence-electron chi connectivity index (χ2n) is 8.45. The van der Waals surface area contributed by atoms with E-state index in [0.717, 1.165) is 31.7 Å². The van der Waals surface area contributed by atoms with Crippen LogP contribution in [0.4, 0.5) is 0 Å². The molecule has 4 heterocycles. The van der Waals surface area contributed by atoms with E-state index in [1.54, 1.807) is 6.07 Å². The van der Waals surface area contributed by atoms with Crippen molar-refractivity contribution >= 4 is 16.8 Å². The number of aromatic nitrogens is 2. The molecule has 29 heavy (non-hydrogen) atoms. The molecule has 6 heteroatoms. The standard InChI is InChI=1S/C23H26N4O2/c1-15(28)25-11-22-19-10-18(21-3-2-4-23(29)27(21)22)13-26(14-19)12-16-5-6-17-7-8-24-20(17)9-16/h2-9,18-19,22,24H,10-14H2,1H3,(H,25,28)/t18-,19+,22+/m1/s1. The van der Waals surface area contributed by atoms with Gasteiger partial charge in [-0.3, -0.25) is 14.5 Å². The molecule has 2 aliphatic heterocycles. The molecule has 2 aliphatic rings. The van der Waals surface area contributed by atoms with Crippen molar-refractivity contribution in [2.75, 3.05) is 19.6 Å². The van der Waals surface area contributed by atoms with Crippen LogP contribution in [0.5, 0.6) is 0 Å². The van der Waals surface area contributed by atoms with Crippen LogP contribution in [0, 0.1) is 5.92 Å². The predicted molar refractivity (Wildman–Crippen MR) is 113 cm³/mol. The third-order valence-electron chi connectivity index (χ3n) is 6.46. The van der Waals surface area contributed by atoms with Crippen molar-refractivity contribution in [1.82, 2.24) is 19.8 Å². The molecule has 0 aliphatic carbocycles. The van der Waals surface area contributed by atoms with Gasteiger partial charge in [-0.2, -0.15) is 0 Å². The van der Waals surface area contributed by atoms with Gasteiger partial charge < -0.3 is 14.9 Å². The SMILES string of the molecule is CC(=O)NC[C@H]1[C@H]2C[C@H](CN(Cc3ccc4cc[nH]c4c3)C2)c2cccc(=O)n21. The number of aromatic amines is 1. The molecule has 6 nitrogen and oxygen atoms in total. The third-order valence-corrected chi connectivity index (χ3v) is 6.46. The summed E-state index contributed by atoms with van der Waals surface area (Å²) in [4.78, 5) is 30.0. The van der Waals surface area contributed by atoms with Crippen molar-refractivity contribution in [3.8, 4) is 0 Å². The molecule has 1 aromatic carbocycles. The summed E-state index contributed by atoms with van der Waals surface area (Å²) in [7, 11) is 0. The summed E-state index contributed by atoms with van der Waals surface area (Å²) in [6.45, 7) is 4.82. The van der Waals surface area contributed by atoms with E-state index < -0.39 is 0 Å². The molecule has 0 unspecified atom stereocenters. The van der Waals surface area contributed by atoms with Crippen molar-refractivity contribution in [3.05, 3.63) is 70.3 Å². The van der Waals surface area contributed by atoms with Gasteiger partial charge in [-0.05, 0) is 41.5 Å². The van der Waals surface area contributed by atoms with Gasteiger partial charge in [-0.1, -0.05) is 18.2 Å². The molecule has 0 spiro atoms. The molecule has 3 aromatic rings.